The summed E-state index contributed by atoms with van der Waals surface area (Å²) in [4.78, 5) is 22.8. The maximum atomic E-state index is 12.7. The Morgan fingerprint density at radius 3 is 2.38 bits per heavy atom. The third kappa shape index (κ3) is 7.91. The molecule has 0 atom stereocenters. The zero-order chi connectivity index (χ0) is 15.9. The number of alkyl carbamates (subject to hydrolysis) is 1. The van der Waals surface area contributed by atoms with E-state index >= 15 is 0 Å². The Morgan fingerprint density at radius 1 is 1.19 bits per heavy atom. The lowest BCUT2D eigenvalue weighted by Gasteiger charge is -2.19. The van der Waals surface area contributed by atoms with Gasteiger partial charge < -0.3 is 14.8 Å². The molecule has 0 saturated heterocycles. The lowest BCUT2D eigenvalue weighted by atomic mass is 10.1. The molecule has 0 heterocycles. The van der Waals surface area contributed by atoms with E-state index in [9.17, 15) is 14.0 Å². The van der Waals surface area contributed by atoms with E-state index in [0.717, 1.165) is 0 Å². The summed E-state index contributed by atoms with van der Waals surface area (Å²) in [6, 6.07) is 5.62. The third-order valence-corrected chi connectivity index (χ3v) is 2.30. The van der Waals surface area contributed by atoms with Crippen molar-refractivity contribution in [3.05, 3.63) is 35.6 Å². The van der Waals surface area contributed by atoms with Gasteiger partial charge >= 0.3 is 12.1 Å². The highest BCUT2D eigenvalue weighted by molar-refractivity contribution is 5.72. The summed E-state index contributed by atoms with van der Waals surface area (Å²) >= 11 is 0. The standard InChI is InChI=1S/C15H20FNO4/c1-15(2,3)21-14(19)17-8-9-20-13(18)10-11-4-6-12(16)7-5-11/h4-7H,8-10H2,1-3H3,(H,17,19). The van der Waals surface area contributed by atoms with E-state index in [4.69, 9.17) is 9.47 Å². The molecule has 0 aliphatic rings. The second-order valence-electron chi connectivity index (χ2n) is 5.45. The molecule has 0 fully saturated rings. The molecule has 1 rings (SSSR count). The first-order valence-electron chi connectivity index (χ1n) is 6.63. The van der Waals surface area contributed by atoms with Crippen molar-refractivity contribution >= 4 is 12.1 Å². The van der Waals surface area contributed by atoms with Gasteiger partial charge in [-0.15, -0.1) is 0 Å². The summed E-state index contributed by atoms with van der Waals surface area (Å²) in [7, 11) is 0. The molecule has 6 heteroatoms. The molecule has 0 bridgehead atoms. The second-order valence-corrected chi connectivity index (χ2v) is 5.45. The van der Waals surface area contributed by atoms with Crippen LogP contribution in [-0.2, 0) is 20.7 Å². The number of amides is 1. The molecule has 1 aromatic carbocycles. The van der Waals surface area contributed by atoms with E-state index in [1.165, 1.54) is 24.3 Å². The fourth-order valence-corrected chi connectivity index (χ4v) is 1.45. The predicted molar refractivity (Wildman–Crippen MR) is 75.3 cm³/mol. The second kappa shape index (κ2) is 7.61. The normalized spacial score (nSPS) is 10.9. The van der Waals surface area contributed by atoms with E-state index in [-0.39, 0.29) is 25.4 Å². The Hall–Kier alpha value is -2.11. The maximum absolute atomic E-state index is 12.7. The average molecular weight is 297 g/mol. The number of nitrogens with one attached hydrogen (secondary N) is 1. The van der Waals surface area contributed by atoms with E-state index in [0.29, 0.717) is 5.56 Å². The largest absolute Gasteiger partial charge is 0.464 e. The Balaban J connectivity index is 2.19. The smallest absolute Gasteiger partial charge is 0.407 e. The Morgan fingerprint density at radius 2 is 1.81 bits per heavy atom. The number of carbonyl (C=O) groups excluding carboxylic acids is 2. The molecule has 0 aromatic heterocycles. The van der Waals surface area contributed by atoms with Crippen molar-refractivity contribution in [1.29, 1.82) is 0 Å². The summed E-state index contributed by atoms with van der Waals surface area (Å²) in [6.45, 7) is 5.50. The summed E-state index contributed by atoms with van der Waals surface area (Å²) in [5.74, 6) is -0.790. The quantitative estimate of drug-likeness (QED) is 0.669. The summed E-state index contributed by atoms with van der Waals surface area (Å²) in [5, 5.41) is 2.48. The van der Waals surface area contributed by atoms with E-state index in [1.807, 2.05) is 0 Å². The van der Waals surface area contributed by atoms with Crippen LogP contribution in [0.25, 0.3) is 0 Å². The first-order chi connectivity index (χ1) is 9.76. The topological polar surface area (TPSA) is 64.6 Å². The van der Waals surface area contributed by atoms with Gasteiger partial charge in [0.1, 0.15) is 18.0 Å². The number of benzene rings is 1. The average Bonchev–Trinajstić information content (AvgIpc) is 2.35. The molecule has 0 spiro atoms. The van der Waals surface area contributed by atoms with Crippen LogP contribution >= 0.6 is 0 Å². The van der Waals surface area contributed by atoms with Crippen molar-refractivity contribution < 1.29 is 23.5 Å². The van der Waals surface area contributed by atoms with Crippen molar-refractivity contribution in [3.8, 4) is 0 Å². The van der Waals surface area contributed by atoms with E-state index in [1.54, 1.807) is 20.8 Å². The van der Waals surface area contributed by atoms with Crippen LogP contribution in [0.15, 0.2) is 24.3 Å². The van der Waals surface area contributed by atoms with Gasteiger partial charge in [0.15, 0.2) is 0 Å². The molecule has 1 N–H and O–H groups in total. The van der Waals surface area contributed by atoms with Gasteiger partial charge in [0.2, 0.25) is 0 Å². The monoisotopic (exact) mass is 297 g/mol. The van der Waals surface area contributed by atoms with Gasteiger partial charge in [-0.05, 0) is 38.5 Å². The number of esters is 1. The Labute approximate surface area is 123 Å². The summed E-state index contributed by atoms with van der Waals surface area (Å²) < 4.78 is 22.7. The van der Waals surface area contributed by atoms with Gasteiger partial charge in [0.05, 0.1) is 13.0 Å². The molecule has 0 aliphatic carbocycles. The van der Waals surface area contributed by atoms with Crippen LogP contribution in [0.5, 0.6) is 0 Å². The van der Waals surface area contributed by atoms with Crippen molar-refractivity contribution in [2.45, 2.75) is 32.8 Å². The van der Waals surface area contributed by atoms with Gasteiger partial charge in [-0.2, -0.15) is 0 Å². The Kier molecular flexibility index (Phi) is 6.14. The predicted octanol–water partition coefficient (Wildman–Crippen LogP) is 2.44. The van der Waals surface area contributed by atoms with E-state index < -0.39 is 17.7 Å². The van der Waals surface area contributed by atoms with Gasteiger partial charge in [0.25, 0.3) is 0 Å². The number of halogens is 1. The molecule has 116 valence electrons. The molecular formula is C15H20FNO4. The summed E-state index contributed by atoms with van der Waals surface area (Å²) in [5.41, 5.74) is 0.102. The van der Waals surface area contributed by atoms with Crippen LogP contribution in [0.4, 0.5) is 9.18 Å². The van der Waals surface area contributed by atoms with E-state index in [2.05, 4.69) is 5.32 Å². The number of ether oxygens (including phenoxy) is 2. The Bertz CT molecular complexity index is 479. The first kappa shape index (κ1) is 16.9. The van der Waals surface area contributed by atoms with Crippen molar-refractivity contribution in [2.75, 3.05) is 13.2 Å². The minimum Gasteiger partial charge on any atom is -0.464 e. The van der Waals surface area contributed by atoms with Gasteiger partial charge in [-0.3, -0.25) is 4.79 Å². The highest BCUT2D eigenvalue weighted by atomic mass is 19.1. The van der Waals surface area contributed by atoms with Crippen LogP contribution in [0, 0.1) is 5.82 Å². The maximum Gasteiger partial charge on any atom is 0.407 e. The summed E-state index contributed by atoms with van der Waals surface area (Å²) in [6.07, 6.45) is -0.496. The molecule has 5 nitrogen and oxygen atoms in total. The molecule has 21 heavy (non-hydrogen) atoms. The minimum atomic E-state index is -0.566. The number of hydrogen-bond donors (Lipinski definition) is 1. The van der Waals surface area contributed by atoms with Crippen LogP contribution in [0.1, 0.15) is 26.3 Å². The van der Waals surface area contributed by atoms with Gasteiger partial charge in [0, 0.05) is 0 Å². The van der Waals surface area contributed by atoms with Gasteiger partial charge in [-0.1, -0.05) is 12.1 Å². The molecule has 1 amide bonds. The molecule has 1 aromatic rings. The first-order valence-corrected chi connectivity index (χ1v) is 6.63. The zero-order valence-electron chi connectivity index (χ0n) is 12.4. The lowest BCUT2D eigenvalue weighted by molar-refractivity contribution is -0.142. The molecule has 0 unspecified atom stereocenters. The highest BCUT2D eigenvalue weighted by Crippen LogP contribution is 2.06. The molecule has 0 aliphatic heterocycles. The third-order valence-electron chi connectivity index (χ3n) is 2.30. The number of hydrogen-bond acceptors (Lipinski definition) is 4. The van der Waals surface area contributed by atoms with Crippen molar-refractivity contribution in [1.82, 2.24) is 5.32 Å². The van der Waals surface area contributed by atoms with Crippen LogP contribution in [0.3, 0.4) is 0 Å². The van der Waals surface area contributed by atoms with Crippen LogP contribution in [-0.4, -0.2) is 30.8 Å². The molecule has 0 saturated carbocycles. The molecular weight excluding hydrogens is 277 g/mol. The minimum absolute atomic E-state index is 0.0548. The fourth-order valence-electron chi connectivity index (χ4n) is 1.45. The zero-order valence-corrected chi connectivity index (χ0v) is 12.4. The SMILES string of the molecule is CC(C)(C)OC(=O)NCCOC(=O)Cc1ccc(F)cc1. The van der Waals surface area contributed by atoms with Crippen molar-refractivity contribution in [3.63, 3.8) is 0 Å². The van der Waals surface area contributed by atoms with Crippen LogP contribution in [0.2, 0.25) is 0 Å². The number of carbonyl (C=O) groups is 2. The fraction of sp³-hybridized carbons (Fsp3) is 0.467. The van der Waals surface area contributed by atoms with Crippen LogP contribution < -0.4 is 5.32 Å². The molecule has 0 radical (unpaired) electrons. The number of rotatable bonds is 5. The van der Waals surface area contributed by atoms with Crippen molar-refractivity contribution in [2.24, 2.45) is 0 Å². The lowest BCUT2D eigenvalue weighted by Crippen LogP contribution is -2.34. The van der Waals surface area contributed by atoms with Gasteiger partial charge in [-0.25, -0.2) is 9.18 Å². The highest BCUT2D eigenvalue weighted by Gasteiger charge is 2.15.